The highest BCUT2D eigenvalue weighted by molar-refractivity contribution is 6.24. The minimum Gasteiger partial charge on any atom is -0.462 e. The van der Waals surface area contributed by atoms with E-state index in [1.165, 1.54) is 9.80 Å². The Morgan fingerprint density at radius 1 is 1.15 bits per heavy atom. The van der Waals surface area contributed by atoms with Gasteiger partial charge in [-0.25, -0.2) is 19.1 Å². The van der Waals surface area contributed by atoms with Gasteiger partial charge in [0.15, 0.2) is 0 Å². The number of esters is 1. The third-order valence-corrected chi connectivity index (χ3v) is 6.63. The van der Waals surface area contributed by atoms with Crippen molar-refractivity contribution in [2.75, 3.05) is 71.0 Å². The quantitative estimate of drug-likeness (QED) is 0.429. The van der Waals surface area contributed by atoms with E-state index in [1.54, 1.807) is 26.1 Å². The number of aliphatic imine (C=N–C) groups is 1. The molecule has 2 saturated heterocycles. The maximum absolute atomic E-state index is 13.4. The molecule has 0 N–H and O–H groups in total. The van der Waals surface area contributed by atoms with E-state index in [-0.39, 0.29) is 17.9 Å². The Labute approximate surface area is 197 Å². The van der Waals surface area contributed by atoms with Crippen LogP contribution in [0.2, 0.25) is 0 Å². The number of amidine groups is 1. The number of guanidine groups is 1. The fourth-order valence-electron chi connectivity index (χ4n) is 4.77. The van der Waals surface area contributed by atoms with Gasteiger partial charge in [-0.05, 0) is 31.2 Å². The van der Waals surface area contributed by atoms with E-state index in [1.807, 2.05) is 21.6 Å². The number of amides is 3. The number of likely N-dealkylation sites (N-methyl/N-ethyl adjacent to an activating group) is 1. The average Bonchev–Trinajstić information content (AvgIpc) is 3.43. The lowest BCUT2D eigenvalue weighted by Crippen LogP contribution is -2.63. The number of anilines is 1. The van der Waals surface area contributed by atoms with Crippen LogP contribution in [0.5, 0.6) is 0 Å². The second-order valence-electron chi connectivity index (χ2n) is 8.57. The summed E-state index contributed by atoms with van der Waals surface area (Å²) in [6.45, 7) is 7.27. The predicted octanol–water partition coefficient (Wildman–Crippen LogP) is 0.0587. The van der Waals surface area contributed by atoms with E-state index in [0.717, 1.165) is 18.8 Å². The summed E-state index contributed by atoms with van der Waals surface area (Å²) in [4.78, 5) is 50.1. The normalized spacial score (nSPS) is 22.8. The molecule has 0 aromatic heterocycles. The van der Waals surface area contributed by atoms with Crippen LogP contribution in [0.3, 0.4) is 0 Å². The van der Waals surface area contributed by atoms with Crippen LogP contribution in [0, 0.1) is 0 Å². The summed E-state index contributed by atoms with van der Waals surface area (Å²) in [6.07, 6.45) is 0. The largest absolute Gasteiger partial charge is 0.462 e. The van der Waals surface area contributed by atoms with Gasteiger partial charge in [-0.2, -0.15) is 0 Å². The molecule has 0 aliphatic carbocycles. The van der Waals surface area contributed by atoms with Crippen LogP contribution in [0.15, 0.2) is 29.3 Å². The minimum atomic E-state index is -0.605. The van der Waals surface area contributed by atoms with Gasteiger partial charge in [-0.1, -0.05) is 4.99 Å². The number of hydrogen-bond donors (Lipinski definition) is 0. The summed E-state index contributed by atoms with van der Waals surface area (Å²) in [5.41, 5.74) is 1.34. The second kappa shape index (κ2) is 9.15. The average molecular weight is 470 g/mol. The molecular weight excluding hydrogens is 440 g/mol. The lowest BCUT2D eigenvalue weighted by Gasteiger charge is -2.35. The minimum absolute atomic E-state index is 0.232. The van der Waals surface area contributed by atoms with Crippen molar-refractivity contribution < 1.29 is 28.4 Å². The van der Waals surface area contributed by atoms with Gasteiger partial charge in [-0.3, -0.25) is 19.5 Å². The van der Waals surface area contributed by atoms with Crippen LogP contribution in [0.4, 0.5) is 10.5 Å². The molecule has 0 radical (unpaired) electrons. The lowest BCUT2D eigenvalue weighted by molar-refractivity contribution is -0.525. The van der Waals surface area contributed by atoms with E-state index >= 15 is 0 Å². The Hall–Kier alpha value is -3.31. The van der Waals surface area contributed by atoms with Crippen molar-refractivity contribution in [2.45, 2.75) is 13.0 Å². The third-order valence-electron chi connectivity index (χ3n) is 6.63. The highest BCUT2D eigenvalue weighted by atomic mass is 16.5. The van der Waals surface area contributed by atoms with Gasteiger partial charge in [0.25, 0.3) is 5.91 Å². The number of imide groups is 1. The number of benzene rings is 1. The van der Waals surface area contributed by atoms with Crippen molar-refractivity contribution >= 4 is 35.4 Å². The number of morpholine rings is 1. The molecule has 1 atom stereocenters. The summed E-state index contributed by atoms with van der Waals surface area (Å²) in [6, 6.07) is 6.18. The Kier molecular flexibility index (Phi) is 6.05. The van der Waals surface area contributed by atoms with E-state index in [2.05, 4.69) is 4.90 Å². The van der Waals surface area contributed by atoms with Gasteiger partial charge in [0.05, 0.1) is 31.9 Å². The summed E-state index contributed by atoms with van der Waals surface area (Å²) >= 11 is 0. The number of fused-ring (bicyclic) bond motifs is 2. The second-order valence-corrected chi connectivity index (χ2v) is 8.57. The van der Waals surface area contributed by atoms with Crippen molar-refractivity contribution in [1.29, 1.82) is 0 Å². The van der Waals surface area contributed by atoms with Gasteiger partial charge >= 0.3 is 18.0 Å². The van der Waals surface area contributed by atoms with E-state index in [9.17, 15) is 14.4 Å². The Morgan fingerprint density at radius 3 is 2.59 bits per heavy atom. The number of nitrogens with zero attached hydrogens (tertiary/aromatic N) is 6. The SMILES string of the molecule is CCOC(=O)c1ccc(N2CC[N+]3=C2N=C2C3C(=O)N(CCN3CCOCC3)C(=O)N2C)cc1. The van der Waals surface area contributed by atoms with E-state index in [0.29, 0.717) is 63.4 Å². The molecular formula is C23H29N6O5+. The number of carbonyl (C=O) groups excluding carboxylic acids is 3. The third kappa shape index (κ3) is 3.84. The van der Waals surface area contributed by atoms with Gasteiger partial charge in [-0.15, -0.1) is 0 Å². The van der Waals surface area contributed by atoms with Gasteiger partial charge in [0.2, 0.25) is 11.9 Å². The molecule has 11 nitrogen and oxygen atoms in total. The number of carbonyl (C=O) groups is 3. The van der Waals surface area contributed by atoms with Crippen LogP contribution < -0.4 is 4.90 Å². The number of hydrogen-bond acceptors (Lipinski definition) is 8. The molecule has 0 saturated carbocycles. The van der Waals surface area contributed by atoms with Gasteiger partial charge in [0.1, 0.15) is 12.2 Å². The number of urea groups is 1. The Morgan fingerprint density at radius 2 is 1.88 bits per heavy atom. The molecule has 5 rings (SSSR count). The lowest BCUT2D eigenvalue weighted by atomic mass is 10.1. The van der Waals surface area contributed by atoms with E-state index < -0.39 is 6.04 Å². The summed E-state index contributed by atoms with van der Waals surface area (Å²) in [5.74, 6) is 0.511. The van der Waals surface area contributed by atoms with Crippen LogP contribution in [-0.2, 0) is 14.3 Å². The van der Waals surface area contributed by atoms with Crippen molar-refractivity contribution in [3.8, 4) is 0 Å². The number of rotatable bonds is 6. The van der Waals surface area contributed by atoms with E-state index in [4.69, 9.17) is 14.5 Å². The summed E-state index contributed by atoms with van der Waals surface area (Å²) < 4.78 is 12.4. The molecule has 0 bridgehead atoms. The zero-order valence-corrected chi connectivity index (χ0v) is 19.5. The molecule has 1 aromatic rings. The zero-order valence-electron chi connectivity index (χ0n) is 19.5. The first-order chi connectivity index (χ1) is 16.5. The van der Waals surface area contributed by atoms with Crippen LogP contribution in [-0.4, -0.2) is 121 Å². The Bertz CT molecular complexity index is 1060. The molecule has 0 spiro atoms. The topological polar surface area (TPSA) is 98.0 Å². The molecule has 4 aliphatic heterocycles. The van der Waals surface area contributed by atoms with Crippen LogP contribution in [0.1, 0.15) is 17.3 Å². The van der Waals surface area contributed by atoms with Gasteiger partial charge in [0, 0.05) is 33.2 Å². The number of ether oxygens (including phenoxy) is 2. The molecule has 34 heavy (non-hydrogen) atoms. The van der Waals surface area contributed by atoms with Crippen molar-refractivity contribution in [1.82, 2.24) is 14.7 Å². The first-order valence-electron chi connectivity index (χ1n) is 11.7. The highest BCUT2D eigenvalue weighted by Gasteiger charge is 2.55. The first-order valence-corrected chi connectivity index (χ1v) is 11.7. The van der Waals surface area contributed by atoms with Crippen molar-refractivity contribution in [3.05, 3.63) is 29.8 Å². The zero-order chi connectivity index (χ0) is 23.8. The first kappa shape index (κ1) is 22.5. The fourth-order valence-corrected chi connectivity index (χ4v) is 4.77. The standard InChI is InChI=1S/C23H29N6O5/c1-3-34-21(31)16-4-6-17(7-5-16)27-10-11-28-18-19(24-22(27)28)25(2)23(32)29(20(18)30)9-8-26-12-14-33-15-13-26/h4-7,18H,3,8-15H2,1-2H3/q+1. The molecule has 4 aliphatic rings. The Balaban J connectivity index is 1.35. The maximum Gasteiger partial charge on any atom is 0.397 e. The van der Waals surface area contributed by atoms with Crippen LogP contribution >= 0.6 is 0 Å². The predicted molar refractivity (Wildman–Crippen MR) is 123 cm³/mol. The summed E-state index contributed by atoms with van der Waals surface area (Å²) in [5, 5.41) is 0. The molecule has 11 heteroatoms. The summed E-state index contributed by atoms with van der Waals surface area (Å²) in [7, 11) is 1.67. The van der Waals surface area contributed by atoms with Crippen LogP contribution in [0.25, 0.3) is 0 Å². The molecule has 3 amide bonds. The molecule has 180 valence electrons. The fraction of sp³-hybridized carbons (Fsp3) is 0.522. The molecule has 1 unspecified atom stereocenters. The van der Waals surface area contributed by atoms with Crippen molar-refractivity contribution in [2.24, 2.45) is 4.99 Å². The smallest absolute Gasteiger partial charge is 0.397 e. The highest BCUT2D eigenvalue weighted by Crippen LogP contribution is 2.27. The maximum atomic E-state index is 13.4. The van der Waals surface area contributed by atoms with Gasteiger partial charge < -0.3 is 9.47 Å². The van der Waals surface area contributed by atoms with Crippen molar-refractivity contribution in [3.63, 3.8) is 0 Å². The molecule has 4 heterocycles. The monoisotopic (exact) mass is 469 g/mol. The molecule has 2 fully saturated rings. The molecule has 1 aromatic carbocycles.